The summed E-state index contributed by atoms with van der Waals surface area (Å²) in [5, 5.41) is 6.36. The van der Waals surface area contributed by atoms with Gasteiger partial charge in [-0.1, -0.05) is 44.0 Å². The molecule has 33 heavy (non-hydrogen) atoms. The number of nitrogens with zero attached hydrogens (tertiary/aromatic N) is 2. The van der Waals surface area contributed by atoms with Crippen LogP contribution in [-0.4, -0.2) is 35.4 Å². The molecule has 7 heteroatoms. The quantitative estimate of drug-likeness (QED) is 0.389. The van der Waals surface area contributed by atoms with Crippen LogP contribution in [0.25, 0.3) is 11.1 Å². The molecule has 2 heterocycles. The minimum Gasteiger partial charge on any atom is -0.320 e. The molecule has 1 unspecified atom stereocenters. The zero-order chi connectivity index (χ0) is 23.4. The molecule has 174 valence electrons. The lowest BCUT2D eigenvalue weighted by molar-refractivity contribution is 0.102. The van der Waals surface area contributed by atoms with Gasteiger partial charge >= 0.3 is 0 Å². The number of anilines is 1. The van der Waals surface area contributed by atoms with Gasteiger partial charge in [-0.25, -0.2) is 9.37 Å². The Hall–Kier alpha value is -2.28. The molecule has 2 aromatic carbocycles. The van der Waals surface area contributed by atoms with Crippen LogP contribution in [0.1, 0.15) is 54.5 Å². The SMILES string of the molecule is CCC(C)CN1CCC(c2nc(C(=O)Nc3ccc(F)cc3-c3ccc(Cl)cc3)cs2)CC1. The van der Waals surface area contributed by atoms with E-state index in [0.717, 1.165) is 49.0 Å². The number of carbonyl (C=O) groups excluding carboxylic acids is 1. The van der Waals surface area contributed by atoms with Gasteiger partial charge in [-0.15, -0.1) is 11.3 Å². The second-order valence-electron chi connectivity index (χ2n) is 8.81. The zero-order valence-corrected chi connectivity index (χ0v) is 20.6. The third-order valence-electron chi connectivity index (χ3n) is 6.34. The fourth-order valence-corrected chi connectivity index (χ4v) is 5.29. The van der Waals surface area contributed by atoms with E-state index in [4.69, 9.17) is 11.6 Å². The van der Waals surface area contributed by atoms with Gasteiger partial charge in [0.15, 0.2) is 0 Å². The van der Waals surface area contributed by atoms with Crippen molar-refractivity contribution in [2.24, 2.45) is 5.92 Å². The highest BCUT2D eigenvalue weighted by Gasteiger charge is 2.24. The van der Waals surface area contributed by atoms with Crippen LogP contribution in [-0.2, 0) is 0 Å². The van der Waals surface area contributed by atoms with Crippen molar-refractivity contribution < 1.29 is 9.18 Å². The Labute approximate surface area is 203 Å². The molecule has 1 amide bonds. The Kier molecular flexibility index (Phi) is 7.78. The first-order chi connectivity index (χ1) is 15.9. The van der Waals surface area contributed by atoms with Crippen LogP contribution in [0.3, 0.4) is 0 Å². The van der Waals surface area contributed by atoms with Crippen molar-refractivity contribution in [1.82, 2.24) is 9.88 Å². The Morgan fingerprint density at radius 2 is 1.97 bits per heavy atom. The van der Waals surface area contributed by atoms with Gasteiger partial charge in [-0.05, 0) is 67.7 Å². The average molecular weight is 486 g/mol. The van der Waals surface area contributed by atoms with Gasteiger partial charge in [0.1, 0.15) is 11.5 Å². The molecule has 1 aliphatic rings. The van der Waals surface area contributed by atoms with Gasteiger partial charge in [-0.3, -0.25) is 4.79 Å². The highest BCUT2D eigenvalue weighted by Crippen LogP contribution is 2.32. The van der Waals surface area contributed by atoms with E-state index < -0.39 is 0 Å². The van der Waals surface area contributed by atoms with Gasteiger partial charge < -0.3 is 10.2 Å². The summed E-state index contributed by atoms with van der Waals surface area (Å²) in [5.41, 5.74) is 2.32. The van der Waals surface area contributed by atoms with Crippen molar-refractivity contribution in [2.45, 2.75) is 39.0 Å². The Bertz CT molecular complexity index is 1090. The van der Waals surface area contributed by atoms with E-state index in [2.05, 4.69) is 29.0 Å². The summed E-state index contributed by atoms with van der Waals surface area (Å²) in [5.74, 6) is 0.475. The predicted octanol–water partition coefficient (Wildman–Crippen LogP) is 7.08. The Balaban J connectivity index is 1.43. The largest absolute Gasteiger partial charge is 0.320 e. The molecule has 1 saturated heterocycles. The minimum atomic E-state index is -0.367. The van der Waals surface area contributed by atoms with Crippen molar-refractivity contribution in [3.05, 3.63) is 69.4 Å². The standard InChI is InChI=1S/C26H29ClFN3OS/c1-3-17(2)15-31-12-10-19(11-13-31)26-30-24(16-33-26)25(32)29-23-9-8-21(28)14-22(23)18-4-6-20(27)7-5-18/h4-9,14,16-17,19H,3,10-13,15H2,1-2H3,(H,29,32). The van der Waals surface area contributed by atoms with Crippen molar-refractivity contribution >= 4 is 34.5 Å². The summed E-state index contributed by atoms with van der Waals surface area (Å²) >= 11 is 7.54. The zero-order valence-electron chi connectivity index (χ0n) is 19.0. The van der Waals surface area contributed by atoms with Gasteiger partial charge in [0.2, 0.25) is 0 Å². The van der Waals surface area contributed by atoms with Crippen LogP contribution in [0, 0.1) is 11.7 Å². The topological polar surface area (TPSA) is 45.2 Å². The number of nitrogens with one attached hydrogen (secondary N) is 1. The number of hydrogen-bond donors (Lipinski definition) is 1. The maximum atomic E-state index is 13.9. The third-order valence-corrected chi connectivity index (χ3v) is 7.60. The molecule has 1 atom stereocenters. The molecule has 4 rings (SSSR count). The number of rotatable bonds is 7. The number of amides is 1. The van der Waals surface area contributed by atoms with Crippen LogP contribution in [0.2, 0.25) is 5.02 Å². The summed E-state index contributed by atoms with van der Waals surface area (Å²) in [6.45, 7) is 7.86. The predicted molar refractivity (Wildman–Crippen MR) is 135 cm³/mol. The highest BCUT2D eigenvalue weighted by atomic mass is 35.5. The van der Waals surface area contributed by atoms with E-state index in [9.17, 15) is 9.18 Å². The molecule has 1 fully saturated rings. The first-order valence-electron chi connectivity index (χ1n) is 11.5. The Morgan fingerprint density at radius 3 is 2.67 bits per heavy atom. The van der Waals surface area contributed by atoms with Crippen molar-refractivity contribution in [2.75, 3.05) is 25.0 Å². The molecule has 0 aliphatic carbocycles. The fourth-order valence-electron chi connectivity index (χ4n) is 4.19. The average Bonchev–Trinajstić information content (AvgIpc) is 3.32. The first-order valence-corrected chi connectivity index (χ1v) is 12.7. The smallest absolute Gasteiger partial charge is 0.275 e. The number of thiazole rings is 1. The molecule has 0 saturated carbocycles. The summed E-state index contributed by atoms with van der Waals surface area (Å²) in [4.78, 5) is 20.1. The highest BCUT2D eigenvalue weighted by molar-refractivity contribution is 7.10. The van der Waals surface area contributed by atoms with Crippen molar-refractivity contribution in [3.8, 4) is 11.1 Å². The fraction of sp³-hybridized carbons (Fsp3) is 0.385. The van der Waals surface area contributed by atoms with Gasteiger partial charge in [0.25, 0.3) is 5.91 Å². The number of piperidine rings is 1. The third kappa shape index (κ3) is 5.99. The number of halogens is 2. The van der Waals surface area contributed by atoms with E-state index in [0.29, 0.717) is 27.9 Å². The lowest BCUT2D eigenvalue weighted by atomic mass is 9.96. The number of likely N-dealkylation sites (tertiary alicyclic amines) is 1. The van der Waals surface area contributed by atoms with Crippen molar-refractivity contribution in [1.29, 1.82) is 0 Å². The van der Waals surface area contributed by atoms with E-state index >= 15 is 0 Å². The first kappa shape index (κ1) is 23.9. The number of hydrogen-bond acceptors (Lipinski definition) is 4. The molecule has 0 bridgehead atoms. The lowest BCUT2D eigenvalue weighted by Gasteiger charge is -2.32. The number of benzene rings is 2. The minimum absolute atomic E-state index is 0.284. The molecule has 0 radical (unpaired) electrons. The van der Waals surface area contributed by atoms with Gasteiger partial charge in [-0.2, -0.15) is 0 Å². The van der Waals surface area contributed by atoms with Gasteiger partial charge in [0, 0.05) is 34.1 Å². The summed E-state index contributed by atoms with van der Waals surface area (Å²) in [7, 11) is 0. The molecule has 0 spiro atoms. The second-order valence-corrected chi connectivity index (χ2v) is 10.1. The van der Waals surface area contributed by atoms with E-state index in [-0.39, 0.29) is 11.7 Å². The molecule has 1 aromatic heterocycles. The summed E-state index contributed by atoms with van der Waals surface area (Å²) in [6.07, 6.45) is 3.35. The second kappa shape index (κ2) is 10.8. The summed E-state index contributed by atoms with van der Waals surface area (Å²) in [6, 6.07) is 11.4. The molecule has 1 aliphatic heterocycles. The molecule has 4 nitrogen and oxygen atoms in total. The normalized spacial score (nSPS) is 16.0. The van der Waals surface area contributed by atoms with Gasteiger partial charge in [0.05, 0.1) is 5.01 Å². The molecular formula is C26H29ClFN3OS. The van der Waals surface area contributed by atoms with Crippen LogP contribution >= 0.6 is 22.9 Å². The lowest BCUT2D eigenvalue weighted by Crippen LogP contribution is -2.35. The van der Waals surface area contributed by atoms with E-state index in [1.165, 1.54) is 18.6 Å². The summed E-state index contributed by atoms with van der Waals surface area (Å²) < 4.78 is 13.9. The van der Waals surface area contributed by atoms with E-state index in [1.807, 2.05) is 5.38 Å². The molecular weight excluding hydrogens is 457 g/mol. The van der Waals surface area contributed by atoms with Crippen molar-refractivity contribution in [3.63, 3.8) is 0 Å². The monoisotopic (exact) mass is 485 g/mol. The Morgan fingerprint density at radius 1 is 1.24 bits per heavy atom. The maximum Gasteiger partial charge on any atom is 0.275 e. The number of carbonyl (C=O) groups is 1. The van der Waals surface area contributed by atoms with Crippen LogP contribution in [0.4, 0.5) is 10.1 Å². The molecule has 3 aromatic rings. The molecule has 1 N–H and O–H groups in total. The van der Waals surface area contributed by atoms with E-state index in [1.54, 1.807) is 41.7 Å². The van der Waals surface area contributed by atoms with Crippen LogP contribution in [0.5, 0.6) is 0 Å². The maximum absolute atomic E-state index is 13.9. The van der Waals surface area contributed by atoms with Crippen LogP contribution < -0.4 is 5.32 Å². The van der Waals surface area contributed by atoms with Crippen LogP contribution in [0.15, 0.2) is 47.8 Å². The number of aromatic nitrogens is 1.